The average molecular weight is 579 g/mol. The van der Waals surface area contributed by atoms with Crippen LogP contribution in [0.2, 0.25) is 0 Å². The molecule has 0 rings (SSSR count). The predicted octanol–water partition coefficient (Wildman–Crippen LogP) is -8.69. The molecule has 0 aromatic carbocycles. The Bertz CT molecular complexity index is 946. The number of carboxylic acid groups (broad SMARTS) is 1. The maximum absolute atomic E-state index is 12.3. The molecule has 7 amide bonds. The van der Waals surface area contributed by atoms with Gasteiger partial charge >= 0.3 is 5.97 Å². The molecule has 0 bridgehead atoms. The number of hydrogen-bond donors (Lipinski definition) is 12. The molecule has 0 unspecified atom stereocenters. The van der Waals surface area contributed by atoms with E-state index in [-0.39, 0.29) is 6.54 Å². The van der Waals surface area contributed by atoms with E-state index in [1.54, 1.807) is 0 Å². The van der Waals surface area contributed by atoms with Crippen LogP contribution >= 0.6 is 0 Å². The number of carbonyl (C=O) groups is 8. The zero-order valence-corrected chi connectivity index (χ0v) is 21.4. The summed E-state index contributed by atoms with van der Waals surface area (Å²) in [5, 5.41) is 51.1. The molecule has 0 saturated carbocycles. The number of carboxylic acids is 1. The van der Waals surface area contributed by atoms with Crippen LogP contribution in [-0.4, -0.2) is 138 Å². The predicted molar refractivity (Wildman–Crippen MR) is 130 cm³/mol. The van der Waals surface area contributed by atoms with Gasteiger partial charge in [0.1, 0.15) is 24.2 Å². The highest BCUT2D eigenvalue weighted by Crippen LogP contribution is 1.90. The molecule has 20 nitrogen and oxygen atoms in total. The van der Waals surface area contributed by atoms with Gasteiger partial charge in [-0.05, 0) is 6.92 Å². The molecule has 0 aliphatic rings. The minimum atomic E-state index is -1.58. The van der Waals surface area contributed by atoms with E-state index >= 15 is 0 Å². The van der Waals surface area contributed by atoms with Crippen molar-refractivity contribution in [2.45, 2.75) is 31.1 Å². The molecule has 0 saturated heterocycles. The summed E-state index contributed by atoms with van der Waals surface area (Å²) in [5.41, 5.74) is 5.07. The fourth-order valence-electron chi connectivity index (χ4n) is 2.55. The summed E-state index contributed by atoms with van der Waals surface area (Å²) >= 11 is 0. The number of amides is 7. The van der Waals surface area contributed by atoms with Crippen molar-refractivity contribution >= 4 is 47.3 Å². The lowest BCUT2D eigenvalue weighted by Gasteiger charge is -2.20. The van der Waals surface area contributed by atoms with E-state index in [1.807, 2.05) is 5.32 Å². The van der Waals surface area contributed by atoms with Crippen LogP contribution < -0.4 is 43.0 Å². The van der Waals surface area contributed by atoms with E-state index in [4.69, 9.17) is 15.9 Å². The molecule has 0 fully saturated rings. The van der Waals surface area contributed by atoms with Crippen molar-refractivity contribution in [3.63, 3.8) is 0 Å². The SMILES string of the molecule is C[C@H](NC(=O)[C@H](CO)NC(=O)CNC(=O)[C@H](CO)NC(=O)CNC(=O)CN)C(=O)NCC(=O)N[C@@H](CO)C(=O)O. The van der Waals surface area contributed by atoms with Crippen molar-refractivity contribution in [3.8, 4) is 0 Å². The number of aliphatic hydroxyl groups is 3. The fourth-order valence-corrected chi connectivity index (χ4v) is 2.55. The first-order valence-corrected chi connectivity index (χ1v) is 11.5. The number of nitrogens with two attached hydrogens (primary N) is 1. The molecule has 0 heterocycles. The number of nitrogens with one attached hydrogen (secondary N) is 7. The summed E-state index contributed by atoms with van der Waals surface area (Å²) in [5.74, 6) is -7.73. The highest BCUT2D eigenvalue weighted by atomic mass is 16.4. The third kappa shape index (κ3) is 13.9. The van der Waals surface area contributed by atoms with Crippen LogP contribution in [0.1, 0.15) is 6.92 Å². The second kappa shape index (κ2) is 18.8. The van der Waals surface area contributed by atoms with Crippen LogP contribution in [-0.2, 0) is 38.4 Å². The Morgan fingerprint density at radius 1 is 0.575 bits per heavy atom. The Morgan fingerprint density at radius 3 is 1.40 bits per heavy atom. The largest absolute Gasteiger partial charge is 0.480 e. The van der Waals surface area contributed by atoms with E-state index in [9.17, 15) is 48.6 Å². The summed E-state index contributed by atoms with van der Waals surface area (Å²) in [6.07, 6.45) is 0. The monoisotopic (exact) mass is 578 g/mol. The molecule has 0 aromatic heterocycles. The van der Waals surface area contributed by atoms with Crippen molar-refractivity contribution in [3.05, 3.63) is 0 Å². The summed E-state index contributed by atoms with van der Waals surface area (Å²) in [6.45, 7) is -3.75. The summed E-state index contributed by atoms with van der Waals surface area (Å²) in [7, 11) is 0. The fraction of sp³-hybridized carbons (Fsp3) is 0.600. The third-order valence-corrected chi connectivity index (χ3v) is 4.71. The van der Waals surface area contributed by atoms with Crippen LogP contribution in [0.15, 0.2) is 0 Å². The van der Waals surface area contributed by atoms with Crippen molar-refractivity contribution in [1.82, 2.24) is 37.2 Å². The number of rotatable bonds is 18. The first-order chi connectivity index (χ1) is 18.8. The number of aliphatic carboxylic acids is 1. The second-order valence-corrected chi connectivity index (χ2v) is 7.89. The van der Waals surface area contributed by atoms with E-state index in [2.05, 4.69) is 31.9 Å². The molecule has 0 aliphatic heterocycles. The standard InChI is InChI=1S/C20H34N8O12/c1-9(17(36)23-4-16(35)28-12(8-31)20(39)40)25-19(38)11(7-30)27-15(34)5-24-18(37)10(6-29)26-14(33)3-22-13(32)2-21/h9-12,29-31H,2-8,21H2,1H3,(H,22,32)(H,23,36)(H,24,37)(H,25,38)(H,26,33)(H,27,34)(H,28,35)(H,39,40)/t9-,10-,11-,12-/m0/s1. The van der Waals surface area contributed by atoms with Gasteiger partial charge in [-0.25, -0.2) is 4.79 Å². The maximum Gasteiger partial charge on any atom is 0.328 e. The molecular formula is C20H34N8O12. The molecule has 0 aliphatic carbocycles. The molecule has 20 heteroatoms. The Hall–Kier alpha value is -4.40. The lowest BCUT2D eigenvalue weighted by molar-refractivity contribution is -0.142. The minimum Gasteiger partial charge on any atom is -0.480 e. The summed E-state index contributed by atoms with van der Waals surface area (Å²) in [6, 6.07) is -5.90. The number of hydrogen-bond acceptors (Lipinski definition) is 12. The Balaban J connectivity index is 4.68. The zero-order chi connectivity index (χ0) is 30.8. The smallest absolute Gasteiger partial charge is 0.328 e. The van der Waals surface area contributed by atoms with Crippen molar-refractivity contribution in [2.24, 2.45) is 5.73 Å². The molecule has 0 spiro atoms. The Labute approximate surface area is 226 Å². The van der Waals surface area contributed by atoms with Crippen LogP contribution in [0, 0.1) is 0 Å². The first kappa shape index (κ1) is 35.6. The van der Waals surface area contributed by atoms with Gasteiger partial charge in [-0.15, -0.1) is 0 Å². The lowest BCUT2D eigenvalue weighted by Crippen LogP contribution is -2.57. The lowest BCUT2D eigenvalue weighted by atomic mass is 10.2. The topological polar surface area (TPSA) is 328 Å². The van der Waals surface area contributed by atoms with Crippen LogP contribution in [0.3, 0.4) is 0 Å². The molecule has 226 valence electrons. The van der Waals surface area contributed by atoms with Crippen LogP contribution in [0.4, 0.5) is 0 Å². The maximum atomic E-state index is 12.3. The minimum absolute atomic E-state index is 0.368. The molecular weight excluding hydrogens is 544 g/mol. The van der Waals surface area contributed by atoms with Gasteiger partial charge in [0, 0.05) is 0 Å². The molecule has 0 aromatic rings. The highest BCUT2D eigenvalue weighted by Gasteiger charge is 2.26. The molecule has 40 heavy (non-hydrogen) atoms. The molecule has 13 N–H and O–H groups in total. The summed E-state index contributed by atoms with van der Waals surface area (Å²) in [4.78, 5) is 93.9. The van der Waals surface area contributed by atoms with E-state index in [1.165, 1.54) is 6.92 Å². The van der Waals surface area contributed by atoms with Crippen molar-refractivity contribution in [2.75, 3.05) is 46.0 Å². The van der Waals surface area contributed by atoms with E-state index < -0.39 is 111 Å². The van der Waals surface area contributed by atoms with Gasteiger partial charge in [0.25, 0.3) is 0 Å². The van der Waals surface area contributed by atoms with Gasteiger partial charge in [0.15, 0.2) is 0 Å². The quantitative estimate of drug-likeness (QED) is 0.0719. The first-order valence-electron chi connectivity index (χ1n) is 11.5. The van der Waals surface area contributed by atoms with Gasteiger partial charge in [-0.1, -0.05) is 0 Å². The summed E-state index contributed by atoms with van der Waals surface area (Å²) < 4.78 is 0. The molecule has 4 atom stereocenters. The average Bonchev–Trinajstić information content (AvgIpc) is 2.92. The molecule has 0 radical (unpaired) electrons. The van der Waals surface area contributed by atoms with E-state index in [0.29, 0.717) is 0 Å². The van der Waals surface area contributed by atoms with E-state index in [0.717, 1.165) is 0 Å². The van der Waals surface area contributed by atoms with Crippen molar-refractivity contribution in [1.29, 1.82) is 0 Å². The number of carbonyl (C=O) groups excluding carboxylic acids is 7. The highest BCUT2D eigenvalue weighted by molar-refractivity contribution is 5.95. The van der Waals surface area contributed by atoms with Crippen molar-refractivity contribution < 1.29 is 58.8 Å². The van der Waals surface area contributed by atoms with Crippen LogP contribution in [0.25, 0.3) is 0 Å². The van der Waals surface area contributed by atoms with Crippen LogP contribution in [0.5, 0.6) is 0 Å². The van der Waals surface area contributed by atoms with Gasteiger partial charge in [0.05, 0.1) is 46.0 Å². The third-order valence-electron chi connectivity index (χ3n) is 4.71. The number of aliphatic hydroxyl groups excluding tert-OH is 3. The Morgan fingerprint density at radius 2 is 0.975 bits per heavy atom. The van der Waals surface area contributed by atoms with Gasteiger partial charge in [-0.3, -0.25) is 33.6 Å². The second-order valence-electron chi connectivity index (χ2n) is 7.89. The zero-order valence-electron chi connectivity index (χ0n) is 21.4. The Kier molecular flexibility index (Phi) is 16.7. The van der Waals surface area contributed by atoms with Gasteiger partial charge < -0.3 is 63.4 Å². The normalized spacial score (nSPS) is 13.3. The van der Waals surface area contributed by atoms with Gasteiger partial charge in [0.2, 0.25) is 41.4 Å². The van der Waals surface area contributed by atoms with Gasteiger partial charge in [-0.2, -0.15) is 0 Å².